The third-order valence-electron chi connectivity index (χ3n) is 1.93. The van der Waals surface area contributed by atoms with E-state index >= 15 is 0 Å². The Hall–Kier alpha value is -0.560. The minimum absolute atomic E-state index is 0.0473. The summed E-state index contributed by atoms with van der Waals surface area (Å²) < 4.78 is 16.6. The summed E-state index contributed by atoms with van der Waals surface area (Å²) in [5.41, 5.74) is 0.346. The van der Waals surface area contributed by atoms with Crippen molar-refractivity contribution in [2.45, 2.75) is 20.8 Å². The smallest absolute Gasteiger partial charge is 0.333 e. The molecule has 0 spiro atoms. The zero-order valence-corrected chi connectivity index (χ0v) is 9.39. The Balaban J connectivity index is 4.08. The van der Waals surface area contributed by atoms with Crippen LogP contribution < -0.4 is 0 Å². The van der Waals surface area contributed by atoms with Crippen molar-refractivity contribution >= 4 is 13.1 Å². The molecule has 0 fully saturated rings. The van der Waals surface area contributed by atoms with Gasteiger partial charge in [0, 0.05) is 17.9 Å². The number of rotatable bonds is 5. The fraction of sp³-hybridized carbons (Fsp3) is 0.667. The van der Waals surface area contributed by atoms with Crippen LogP contribution >= 0.6 is 7.14 Å². The van der Waals surface area contributed by atoms with E-state index in [1.165, 1.54) is 0 Å². The molecule has 0 N–H and O–H groups in total. The summed E-state index contributed by atoms with van der Waals surface area (Å²) in [6, 6.07) is 0. The zero-order valence-electron chi connectivity index (χ0n) is 8.50. The molecule has 0 rings (SSSR count). The molecule has 0 heterocycles. The van der Waals surface area contributed by atoms with E-state index in [1.807, 2.05) is 13.8 Å². The molecule has 0 unspecified atom stereocenters. The van der Waals surface area contributed by atoms with Gasteiger partial charge in [-0.25, -0.2) is 4.79 Å². The van der Waals surface area contributed by atoms with Crippen molar-refractivity contribution in [1.82, 2.24) is 0 Å². The van der Waals surface area contributed by atoms with E-state index in [9.17, 15) is 9.36 Å². The van der Waals surface area contributed by atoms with Gasteiger partial charge in [-0.2, -0.15) is 0 Å². The highest BCUT2D eigenvalue weighted by atomic mass is 31.2. The zero-order chi connectivity index (χ0) is 10.5. The van der Waals surface area contributed by atoms with Crippen molar-refractivity contribution in [2.24, 2.45) is 0 Å². The lowest BCUT2D eigenvalue weighted by Gasteiger charge is -2.13. The van der Waals surface area contributed by atoms with Crippen LogP contribution in [-0.2, 0) is 14.1 Å². The maximum absolute atomic E-state index is 11.8. The molecule has 0 bridgehead atoms. The van der Waals surface area contributed by atoms with Crippen LogP contribution in [0.5, 0.6) is 0 Å². The van der Waals surface area contributed by atoms with Crippen molar-refractivity contribution < 1.29 is 14.1 Å². The predicted molar refractivity (Wildman–Crippen MR) is 54.5 cm³/mol. The highest BCUT2D eigenvalue weighted by Crippen LogP contribution is 2.44. The first kappa shape index (κ1) is 12.4. The largest absolute Gasteiger partial charge is 0.454 e. The molecule has 0 aliphatic rings. The summed E-state index contributed by atoms with van der Waals surface area (Å²) in [5.74, 6) is -0.456. The molecule has 0 amide bonds. The SMILES string of the molecule is C=C(C)C(=O)OCP(=O)(CC)CC. The molecule has 0 aromatic rings. The average Bonchev–Trinajstić information content (AvgIpc) is 2.13. The summed E-state index contributed by atoms with van der Waals surface area (Å²) in [6.45, 7) is 8.71. The van der Waals surface area contributed by atoms with Crippen molar-refractivity contribution in [1.29, 1.82) is 0 Å². The molecule has 0 radical (unpaired) electrons. The lowest BCUT2D eigenvalue weighted by molar-refractivity contribution is -0.137. The molecule has 0 saturated heterocycles. The Bertz CT molecular complexity index is 237. The van der Waals surface area contributed by atoms with Gasteiger partial charge < -0.3 is 9.30 Å². The Kier molecular flexibility index (Phi) is 5.01. The van der Waals surface area contributed by atoms with Crippen LogP contribution in [0.1, 0.15) is 20.8 Å². The summed E-state index contributed by atoms with van der Waals surface area (Å²) in [7, 11) is -2.26. The van der Waals surface area contributed by atoms with E-state index in [4.69, 9.17) is 4.74 Å². The third kappa shape index (κ3) is 4.28. The second-order valence-corrected chi connectivity index (χ2v) is 6.67. The van der Waals surface area contributed by atoms with E-state index < -0.39 is 13.1 Å². The first-order valence-electron chi connectivity index (χ1n) is 4.35. The molecule has 4 heteroatoms. The first-order chi connectivity index (χ1) is 5.95. The van der Waals surface area contributed by atoms with E-state index in [0.717, 1.165) is 0 Å². The number of hydrogen-bond acceptors (Lipinski definition) is 3. The lowest BCUT2D eigenvalue weighted by atomic mass is 10.4. The normalized spacial score (nSPS) is 11.0. The number of carbonyl (C=O) groups excluding carboxylic acids is 1. The molecule has 3 nitrogen and oxygen atoms in total. The number of ether oxygens (including phenoxy) is 1. The van der Waals surface area contributed by atoms with Crippen molar-refractivity contribution in [3.8, 4) is 0 Å². The molecule has 0 atom stereocenters. The van der Waals surface area contributed by atoms with Crippen LogP contribution in [-0.4, -0.2) is 24.6 Å². The Morgan fingerprint density at radius 1 is 1.38 bits per heavy atom. The average molecular weight is 204 g/mol. The van der Waals surface area contributed by atoms with Gasteiger partial charge in [0.05, 0.1) is 0 Å². The monoisotopic (exact) mass is 204 g/mol. The molecule has 0 aliphatic heterocycles. The van der Waals surface area contributed by atoms with Gasteiger partial charge in [-0.1, -0.05) is 20.4 Å². The van der Waals surface area contributed by atoms with Crippen LogP contribution in [0.15, 0.2) is 12.2 Å². The van der Waals surface area contributed by atoms with E-state index in [1.54, 1.807) is 6.92 Å². The van der Waals surface area contributed by atoms with Gasteiger partial charge in [-0.3, -0.25) is 0 Å². The number of carbonyl (C=O) groups is 1. The molecule has 0 aromatic carbocycles. The molecule has 0 aromatic heterocycles. The van der Waals surface area contributed by atoms with Gasteiger partial charge in [0.1, 0.15) is 13.5 Å². The van der Waals surface area contributed by atoms with Gasteiger partial charge in [0.15, 0.2) is 0 Å². The highest BCUT2D eigenvalue weighted by molar-refractivity contribution is 7.63. The Morgan fingerprint density at radius 3 is 2.15 bits per heavy atom. The van der Waals surface area contributed by atoms with Crippen molar-refractivity contribution in [3.05, 3.63) is 12.2 Å². The van der Waals surface area contributed by atoms with Gasteiger partial charge in [0.2, 0.25) is 0 Å². The topological polar surface area (TPSA) is 43.4 Å². The van der Waals surface area contributed by atoms with Crippen LogP contribution in [0, 0.1) is 0 Å². The highest BCUT2D eigenvalue weighted by Gasteiger charge is 2.19. The van der Waals surface area contributed by atoms with E-state index in [-0.39, 0.29) is 6.35 Å². The minimum atomic E-state index is -2.26. The summed E-state index contributed by atoms with van der Waals surface area (Å²) in [6.07, 6.45) is 1.20. The minimum Gasteiger partial charge on any atom is -0.454 e. The quantitative estimate of drug-likeness (QED) is 0.392. The van der Waals surface area contributed by atoms with E-state index in [2.05, 4.69) is 6.58 Å². The molecule has 13 heavy (non-hydrogen) atoms. The Labute approximate surface area is 79.5 Å². The van der Waals surface area contributed by atoms with Crippen LogP contribution in [0.4, 0.5) is 0 Å². The number of hydrogen-bond donors (Lipinski definition) is 0. The van der Waals surface area contributed by atoms with Gasteiger partial charge in [-0.05, 0) is 6.92 Å². The van der Waals surface area contributed by atoms with Crippen LogP contribution in [0.25, 0.3) is 0 Å². The van der Waals surface area contributed by atoms with Gasteiger partial charge in [-0.15, -0.1) is 0 Å². The molecular formula is C9H17O3P. The first-order valence-corrected chi connectivity index (χ1v) is 6.61. The maximum atomic E-state index is 11.8. The van der Waals surface area contributed by atoms with Crippen LogP contribution in [0.3, 0.4) is 0 Å². The summed E-state index contributed by atoms with van der Waals surface area (Å²) in [5, 5.41) is 0. The van der Waals surface area contributed by atoms with Crippen molar-refractivity contribution in [3.63, 3.8) is 0 Å². The second-order valence-electron chi connectivity index (χ2n) is 3.03. The lowest BCUT2D eigenvalue weighted by Crippen LogP contribution is -2.08. The van der Waals surface area contributed by atoms with Gasteiger partial charge >= 0.3 is 5.97 Å². The fourth-order valence-corrected chi connectivity index (χ4v) is 1.87. The second kappa shape index (κ2) is 5.23. The predicted octanol–water partition coefficient (Wildman–Crippen LogP) is 2.47. The maximum Gasteiger partial charge on any atom is 0.333 e. The van der Waals surface area contributed by atoms with E-state index in [0.29, 0.717) is 17.9 Å². The molecule has 0 saturated carbocycles. The number of esters is 1. The summed E-state index contributed by atoms with van der Waals surface area (Å²) >= 11 is 0. The van der Waals surface area contributed by atoms with Crippen molar-refractivity contribution in [2.75, 3.05) is 18.7 Å². The fourth-order valence-electron chi connectivity index (χ4n) is 0.706. The molecule has 0 aliphatic carbocycles. The molecule has 76 valence electrons. The summed E-state index contributed by atoms with van der Waals surface area (Å²) in [4.78, 5) is 11.0. The molecular weight excluding hydrogens is 187 g/mol. The van der Waals surface area contributed by atoms with Crippen LogP contribution in [0.2, 0.25) is 0 Å². The third-order valence-corrected chi connectivity index (χ3v) is 4.84. The Morgan fingerprint density at radius 2 is 1.85 bits per heavy atom. The van der Waals surface area contributed by atoms with Gasteiger partial charge in [0.25, 0.3) is 0 Å². The standard InChI is InChI=1S/C9H17O3P/c1-5-13(11,6-2)7-12-9(10)8(3)4/h3,5-7H2,1-2,4H3.